The van der Waals surface area contributed by atoms with Gasteiger partial charge in [0.1, 0.15) is 0 Å². The molecule has 14 heavy (non-hydrogen) atoms. The predicted octanol–water partition coefficient (Wildman–Crippen LogP) is 3.16. The third kappa shape index (κ3) is 1.65. The van der Waals surface area contributed by atoms with Gasteiger partial charge in [0, 0.05) is 11.6 Å². The van der Waals surface area contributed by atoms with Crippen molar-refractivity contribution in [3.63, 3.8) is 0 Å². The van der Waals surface area contributed by atoms with Gasteiger partial charge in [0.05, 0.1) is 11.4 Å². The molecule has 0 saturated carbocycles. The maximum atomic E-state index is 12.2. The summed E-state index contributed by atoms with van der Waals surface area (Å²) in [5, 5.41) is 0.566. The minimum absolute atomic E-state index is 0.326. The van der Waals surface area contributed by atoms with Crippen molar-refractivity contribution < 1.29 is 13.2 Å². The lowest BCUT2D eigenvalue weighted by Gasteiger charge is -1.98. The van der Waals surface area contributed by atoms with E-state index in [2.05, 4.69) is 9.97 Å². The van der Waals surface area contributed by atoms with E-state index in [1.807, 2.05) is 0 Å². The van der Waals surface area contributed by atoms with Gasteiger partial charge < -0.3 is 4.98 Å². The van der Waals surface area contributed by atoms with Crippen LogP contribution in [0.3, 0.4) is 0 Å². The first-order valence-corrected chi connectivity index (χ1v) is 4.62. The summed E-state index contributed by atoms with van der Waals surface area (Å²) in [5.74, 6) is 0. The Balaban J connectivity index is 2.36. The Morgan fingerprint density at radius 1 is 1.36 bits per heavy atom. The molecule has 0 aromatic carbocycles. The number of nitrogens with one attached hydrogen (secondary N) is 1. The highest BCUT2D eigenvalue weighted by Gasteiger charge is 2.34. The van der Waals surface area contributed by atoms with Crippen molar-refractivity contribution in [2.24, 2.45) is 0 Å². The van der Waals surface area contributed by atoms with Crippen LogP contribution in [0.15, 0.2) is 23.7 Å². The zero-order valence-corrected chi connectivity index (χ0v) is 7.62. The fraction of sp³-hybridized carbons (Fsp3) is 0.125. The van der Waals surface area contributed by atoms with Crippen molar-refractivity contribution >= 4 is 11.3 Å². The Morgan fingerprint density at radius 2 is 2.14 bits per heavy atom. The quantitative estimate of drug-likeness (QED) is 0.782. The fourth-order valence-corrected chi connectivity index (χ4v) is 1.70. The van der Waals surface area contributed by atoms with E-state index in [0.29, 0.717) is 22.7 Å². The van der Waals surface area contributed by atoms with Gasteiger partial charge in [-0.3, -0.25) is 0 Å². The molecule has 2 nitrogen and oxygen atoms in total. The summed E-state index contributed by atoms with van der Waals surface area (Å²) in [7, 11) is 0. The monoisotopic (exact) mass is 218 g/mol. The van der Waals surface area contributed by atoms with E-state index in [4.69, 9.17) is 0 Å². The maximum Gasteiger partial charge on any atom is 0.443 e. The smallest absolute Gasteiger partial charge is 0.360 e. The summed E-state index contributed by atoms with van der Waals surface area (Å²) in [4.78, 5) is 6.28. The maximum absolute atomic E-state index is 12.2. The van der Waals surface area contributed by atoms with Crippen molar-refractivity contribution in [3.05, 3.63) is 28.7 Å². The summed E-state index contributed by atoms with van der Waals surface area (Å²) >= 11 is 0.599. The molecule has 74 valence electrons. The number of hydrogen-bond donors (Lipinski definition) is 1. The number of rotatable bonds is 1. The lowest BCUT2D eigenvalue weighted by Crippen LogP contribution is -2.03. The van der Waals surface area contributed by atoms with Crippen LogP contribution in [0.4, 0.5) is 13.2 Å². The molecule has 0 unspecified atom stereocenters. The molecule has 0 atom stereocenters. The van der Waals surface area contributed by atoms with E-state index in [-0.39, 0.29) is 0 Å². The van der Waals surface area contributed by atoms with Crippen LogP contribution in [0, 0.1) is 0 Å². The van der Waals surface area contributed by atoms with Crippen molar-refractivity contribution in [3.8, 4) is 11.4 Å². The molecular formula is C8H5F3N2S. The van der Waals surface area contributed by atoms with Gasteiger partial charge in [-0.05, 0) is 12.1 Å². The van der Waals surface area contributed by atoms with Crippen LogP contribution >= 0.6 is 11.3 Å². The van der Waals surface area contributed by atoms with E-state index in [0.717, 1.165) is 0 Å². The van der Waals surface area contributed by atoms with Gasteiger partial charge in [-0.1, -0.05) is 0 Å². The molecule has 0 aliphatic rings. The molecule has 6 heteroatoms. The highest BCUT2D eigenvalue weighted by atomic mass is 32.1. The molecule has 2 heterocycles. The Hall–Kier alpha value is -1.30. The van der Waals surface area contributed by atoms with E-state index < -0.39 is 11.2 Å². The van der Waals surface area contributed by atoms with Crippen molar-refractivity contribution in [2.75, 3.05) is 0 Å². The van der Waals surface area contributed by atoms with Crippen LogP contribution in [0.5, 0.6) is 0 Å². The first-order chi connectivity index (χ1) is 6.57. The zero-order valence-electron chi connectivity index (χ0n) is 6.80. The Labute approximate surface area is 81.4 Å². The SMILES string of the molecule is FC(F)(F)c1nc(-c2ccc[nH]2)cs1. The Kier molecular flexibility index (Phi) is 2.07. The van der Waals surface area contributed by atoms with Crippen LogP contribution in [-0.2, 0) is 6.18 Å². The first-order valence-electron chi connectivity index (χ1n) is 3.74. The fourth-order valence-electron chi connectivity index (χ4n) is 1.02. The van der Waals surface area contributed by atoms with Crippen LogP contribution in [0.1, 0.15) is 5.01 Å². The van der Waals surface area contributed by atoms with Crippen LogP contribution in [-0.4, -0.2) is 9.97 Å². The largest absolute Gasteiger partial charge is 0.443 e. The molecule has 0 spiro atoms. The molecule has 0 aliphatic heterocycles. The summed E-state index contributed by atoms with van der Waals surface area (Å²) in [6.45, 7) is 0. The topological polar surface area (TPSA) is 28.7 Å². The molecule has 2 aromatic rings. The summed E-state index contributed by atoms with van der Waals surface area (Å²) in [6.07, 6.45) is -2.71. The summed E-state index contributed by atoms with van der Waals surface area (Å²) < 4.78 is 36.5. The number of alkyl halides is 3. The number of hydrogen-bond acceptors (Lipinski definition) is 2. The molecular weight excluding hydrogens is 213 g/mol. The van der Waals surface area contributed by atoms with Gasteiger partial charge in [0.25, 0.3) is 0 Å². The Morgan fingerprint density at radius 3 is 2.64 bits per heavy atom. The zero-order chi connectivity index (χ0) is 10.2. The van der Waals surface area contributed by atoms with Gasteiger partial charge in [0.2, 0.25) is 0 Å². The predicted molar refractivity (Wildman–Crippen MR) is 46.9 cm³/mol. The molecule has 0 bridgehead atoms. The van der Waals surface area contributed by atoms with Crippen LogP contribution in [0.25, 0.3) is 11.4 Å². The van der Waals surface area contributed by atoms with Gasteiger partial charge in [-0.2, -0.15) is 13.2 Å². The normalized spacial score (nSPS) is 11.9. The third-order valence-corrected chi connectivity index (χ3v) is 2.51. The lowest BCUT2D eigenvalue weighted by atomic mass is 10.3. The van der Waals surface area contributed by atoms with Crippen LogP contribution < -0.4 is 0 Å². The van der Waals surface area contributed by atoms with Gasteiger partial charge >= 0.3 is 6.18 Å². The van der Waals surface area contributed by atoms with Crippen molar-refractivity contribution in [1.82, 2.24) is 9.97 Å². The molecule has 0 aliphatic carbocycles. The highest BCUT2D eigenvalue weighted by molar-refractivity contribution is 7.10. The minimum Gasteiger partial charge on any atom is -0.360 e. The minimum atomic E-state index is -4.35. The van der Waals surface area contributed by atoms with E-state index in [1.165, 1.54) is 5.38 Å². The summed E-state index contributed by atoms with van der Waals surface area (Å²) in [6, 6.07) is 3.39. The van der Waals surface area contributed by atoms with Gasteiger partial charge in [-0.25, -0.2) is 4.98 Å². The number of H-pyrrole nitrogens is 1. The lowest BCUT2D eigenvalue weighted by molar-refractivity contribution is -0.137. The molecule has 0 radical (unpaired) electrons. The van der Waals surface area contributed by atoms with E-state index in [1.54, 1.807) is 18.3 Å². The Bertz CT molecular complexity index is 416. The summed E-state index contributed by atoms with van der Waals surface area (Å²) in [5.41, 5.74) is 0.920. The van der Waals surface area contributed by atoms with E-state index in [9.17, 15) is 13.2 Å². The molecule has 2 aromatic heterocycles. The second kappa shape index (κ2) is 3.13. The second-order valence-corrected chi connectivity index (χ2v) is 3.48. The molecule has 0 amide bonds. The number of aromatic nitrogens is 2. The third-order valence-electron chi connectivity index (χ3n) is 1.62. The molecule has 2 rings (SSSR count). The van der Waals surface area contributed by atoms with Gasteiger partial charge in [0.15, 0.2) is 5.01 Å². The number of aromatic amines is 1. The standard InChI is InChI=1S/C8H5F3N2S/c9-8(10,11)7-13-6(4-14-7)5-2-1-3-12-5/h1-4,12H. The van der Waals surface area contributed by atoms with Crippen molar-refractivity contribution in [1.29, 1.82) is 0 Å². The number of thiazole rings is 1. The highest BCUT2D eigenvalue weighted by Crippen LogP contribution is 2.33. The molecule has 1 N–H and O–H groups in total. The number of halogens is 3. The van der Waals surface area contributed by atoms with Crippen molar-refractivity contribution in [2.45, 2.75) is 6.18 Å². The molecule has 0 saturated heterocycles. The van der Waals surface area contributed by atoms with Gasteiger partial charge in [-0.15, -0.1) is 11.3 Å². The molecule has 0 fully saturated rings. The number of nitrogens with zero attached hydrogens (tertiary/aromatic N) is 1. The first kappa shape index (κ1) is 9.26. The second-order valence-electron chi connectivity index (χ2n) is 2.62. The van der Waals surface area contributed by atoms with Crippen LogP contribution in [0.2, 0.25) is 0 Å². The van der Waals surface area contributed by atoms with E-state index >= 15 is 0 Å². The average molecular weight is 218 g/mol. The average Bonchev–Trinajstić information content (AvgIpc) is 2.73.